The minimum absolute atomic E-state index is 0.0269. The monoisotopic (exact) mass is 495 g/mol. The van der Waals surface area contributed by atoms with Crippen molar-refractivity contribution >= 4 is 17.5 Å². The third-order valence-corrected chi connectivity index (χ3v) is 8.17. The number of carbonyl (C=O) groups excluding carboxylic acids is 1. The Morgan fingerprint density at radius 3 is 2.49 bits per heavy atom. The van der Waals surface area contributed by atoms with Crippen LogP contribution in [0.25, 0.3) is 5.69 Å². The maximum atomic E-state index is 13.8. The first-order chi connectivity index (χ1) is 16.7. The van der Waals surface area contributed by atoms with Gasteiger partial charge in [-0.3, -0.25) is 14.3 Å². The van der Waals surface area contributed by atoms with Crippen LogP contribution in [-0.2, 0) is 6.54 Å². The number of aromatic nitrogens is 2. The summed E-state index contributed by atoms with van der Waals surface area (Å²) in [5, 5.41) is 14.8. The molecule has 8 heteroatoms. The highest BCUT2D eigenvalue weighted by molar-refractivity contribution is 6.30. The average Bonchev–Trinajstić information content (AvgIpc) is 3.08. The van der Waals surface area contributed by atoms with Crippen LogP contribution in [0.4, 0.5) is 4.39 Å². The molecule has 0 aliphatic heterocycles. The molecule has 3 aromatic rings. The minimum Gasteiger partial charge on any atom is -0.390 e. The summed E-state index contributed by atoms with van der Waals surface area (Å²) in [7, 11) is 0. The average molecular weight is 496 g/mol. The van der Waals surface area contributed by atoms with E-state index in [0.29, 0.717) is 34.5 Å². The van der Waals surface area contributed by atoms with Gasteiger partial charge in [0.15, 0.2) is 0 Å². The van der Waals surface area contributed by atoms with Gasteiger partial charge in [0.05, 0.1) is 17.8 Å². The number of hydrogen-bond donors (Lipinski definition) is 2. The molecule has 2 atom stereocenters. The predicted octanol–water partition coefficient (Wildman–Crippen LogP) is 4.29. The van der Waals surface area contributed by atoms with Gasteiger partial charge in [-0.15, -0.1) is 0 Å². The molecule has 0 saturated heterocycles. The van der Waals surface area contributed by atoms with Crippen molar-refractivity contribution in [1.82, 2.24) is 14.7 Å². The van der Waals surface area contributed by atoms with Crippen molar-refractivity contribution in [2.75, 3.05) is 0 Å². The molecule has 6 nitrogen and oxygen atoms in total. The Morgan fingerprint density at radius 2 is 1.83 bits per heavy atom. The van der Waals surface area contributed by atoms with Crippen molar-refractivity contribution < 1.29 is 14.3 Å². The van der Waals surface area contributed by atoms with Crippen LogP contribution >= 0.6 is 11.6 Å². The van der Waals surface area contributed by atoms with E-state index in [4.69, 9.17) is 11.6 Å². The third kappa shape index (κ3) is 4.10. The summed E-state index contributed by atoms with van der Waals surface area (Å²) in [6.45, 7) is 0.206. The molecule has 1 heterocycles. The number of rotatable bonds is 5. The van der Waals surface area contributed by atoms with Crippen LogP contribution in [0.5, 0.6) is 0 Å². The Hall–Kier alpha value is -2.90. The minimum atomic E-state index is -0.718. The van der Waals surface area contributed by atoms with Crippen molar-refractivity contribution in [3.8, 4) is 5.69 Å². The fraction of sp³-hybridized carbons (Fsp3) is 0.407. The summed E-state index contributed by atoms with van der Waals surface area (Å²) >= 11 is 6.04. The molecule has 4 bridgehead atoms. The van der Waals surface area contributed by atoms with Gasteiger partial charge >= 0.3 is 0 Å². The van der Waals surface area contributed by atoms with Crippen LogP contribution in [-0.4, -0.2) is 31.5 Å². The largest absolute Gasteiger partial charge is 0.390 e. The Kier molecular flexibility index (Phi) is 5.20. The second-order valence-corrected chi connectivity index (χ2v) is 11.2. The fourth-order valence-corrected chi connectivity index (χ4v) is 7.23. The second-order valence-electron chi connectivity index (χ2n) is 10.8. The summed E-state index contributed by atoms with van der Waals surface area (Å²) < 4.78 is 16.9. The maximum Gasteiger partial charge on any atom is 0.284 e. The summed E-state index contributed by atoms with van der Waals surface area (Å²) in [4.78, 5) is 27.1. The lowest BCUT2D eigenvalue weighted by molar-refractivity contribution is -0.139. The van der Waals surface area contributed by atoms with Crippen LogP contribution in [0.2, 0.25) is 5.02 Å². The zero-order valence-electron chi connectivity index (χ0n) is 19.2. The molecule has 2 N–H and O–H groups in total. The van der Waals surface area contributed by atoms with Crippen molar-refractivity contribution in [2.45, 2.75) is 56.2 Å². The van der Waals surface area contributed by atoms with E-state index in [1.165, 1.54) is 23.0 Å². The lowest BCUT2D eigenvalue weighted by Crippen LogP contribution is -2.65. The number of nitrogens with zero attached hydrogens (tertiary/aromatic N) is 2. The highest BCUT2D eigenvalue weighted by atomic mass is 35.5. The molecule has 2 unspecified atom stereocenters. The third-order valence-electron chi connectivity index (χ3n) is 7.92. The van der Waals surface area contributed by atoms with Crippen LogP contribution in [0.15, 0.2) is 59.5 Å². The van der Waals surface area contributed by atoms with Gasteiger partial charge in [-0.25, -0.2) is 9.07 Å². The first kappa shape index (κ1) is 22.6. The topological polar surface area (TPSA) is 76.3 Å². The standard InChI is InChI=1S/C27H27ClFN3O3/c28-20-4-6-22(7-5-20)32-25(34)23(15-31(32)14-17-2-1-3-21(29)9-17)24(33)30-26-10-18-8-19(11-26)13-27(35,12-18)16-26/h1-7,9,15,18-19,35H,8,10-14,16H2,(H,30,33). The number of halogens is 2. The van der Waals surface area contributed by atoms with Crippen LogP contribution in [0, 0.1) is 17.7 Å². The van der Waals surface area contributed by atoms with E-state index in [-0.39, 0.29) is 17.9 Å². The molecule has 0 radical (unpaired) electrons. The van der Waals surface area contributed by atoms with Gasteiger partial charge in [-0.1, -0.05) is 23.7 Å². The molecule has 35 heavy (non-hydrogen) atoms. The van der Waals surface area contributed by atoms with Crippen LogP contribution in [0.1, 0.15) is 54.4 Å². The Bertz CT molecular complexity index is 1350. The van der Waals surface area contributed by atoms with Gasteiger partial charge in [0.2, 0.25) is 0 Å². The second kappa shape index (κ2) is 8.07. The highest BCUT2D eigenvalue weighted by Gasteiger charge is 2.57. The molecule has 1 amide bonds. The van der Waals surface area contributed by atoms with E-state index in [2.05, 4.69) is 5.32 Å². The number of carbonyl (C=O) groups is 1. The smallest absolute Gasteiger partial charge is 0.284 e. The highest BCUT2D eigenvalue weighted by Crippen LogP contribution is 2.57. The van der Waals surface area contributed by atoms with Gasteiger partial charge in [0.1, 0.15) is 11.4 Å². The molecular formula is C27H27ClFN3O3. The molecule has 0 spiro atoms. The molecule has 7 rings (SSSR count). The lowest BCUT2D eigenvalue weighted by Gasteiger charge is -2.60. The van der Waals surface area contributed by atoms with E-state index < -0.39 is 22.6 Å². The van der Waals surface area contributed by atoms with E-state index in [0.717, 1.165) is 32.1 Å². The van der Waals surface area contributed by atoms with Gasteiger partial charge in [0, 0.05) is 16.8 Å². The van der Waals surface area contributed by atoms with Crippen molar-refractivity contribution in [3.63, 3.8) is 0 Å². The van der Waals surface area contributed by atoms with E-state index >= 15 is 0 Å². The van der Waals surface area contributed by atoms with Gasteiger partial charge in [-0.05, 0) is 92.3 Å². The number of aliphatic hydroxyl groups is 1. The summed E-state index contributed by atoms with van der Waals surface area (Å²) in [5.74, 6) is 0.0173. The van der Waals surface area contributed by atoms with E-state index in [9.17, 15) is 19.1 Å². The molecule has 4 fully saturated rings. The molecule has 2 aromatic carbocycles. The molecular weight excluding hydrogens is 469 g/mol. The predicted molar refractivity (Wildman–Crippen MR) is 130 cm³/mol. The van der Waals surface area contributed by atoms with Crippen LogP contribution in [0.3, 0.4) is 0 Å². The molecule has 182 valence electrons. The normalized spacial score (nSPS) is 28.9. The van der Waals surface area contributed by atoms with E-state index in [1.54, 1.807) is 41.1 Å². The number of nitrogens with one attached hydrogen (secondary N) is 1. The lowest BCUT2D eigenvalue weighted by atomic mass is 9.51. The van der Waals surface area contributed by atoms with Crippen molar-refractivity contribution in [2.24, 2.45) is 11.8 Å². The van der Waals surface area contributed by atoms with Gasteiger partial charge in [-0.2, -0.15) is 0 Å². The van der Waals surface area contributed by atoms with Crippen molar-refractivity contribution in [1.29, 1.82) is 0 Å². The maximum absolute atomic E-state index is 13.8. The number of hydrogen-bond acceptors (Lipinski definition) is 3. The Labute approximate surface area is 207 Å². The van der Waals surface area contributed by atoms with E-state index in [1.807, 2.05) is 0 Å². The zero-order chi connectivity index (χ0) is 24.4. The summed E-state index contributed by atoms with van der Waals surface area (Å²) in [5.41, 5.74) is -0.400. The molecule has 4 aliphatic carbocycles. The SMILES string of the molecule is O=C(NC12CC3CC(CC(O)(C3)C1)C2)c1cn(Cc2cccc(F)c2)n(-c2ccc(Cl)cc2)c1=O. The quantitative estimate of drug-likeness (QED) is 0.554. The molecule has 4 aliphatic rings. The van der Waals surface area contributed by atoms with Crippen molar-refractivity contribution in [3.05, 3.63) is 87.0 Å². The first-order valence-electron chi connectivity index (χ1n) is 12.1. The van der Waals surface area contributed by atoms with Crippen LogP contribution < -0.4 is 10.9 Å². The zero-order valence-corrected chi connectivity index (χ0v) is 20.0. The van der Waals surface area contributed by atoms with Gasteiger partial charge in [0.25, 0.3) is 11.5 Å². The van der Waals surface area contributed by atoms with Gasteiger partial charge < -0.3 is 10.4 Å². The Morgan fingerprint density at radius 1 is 1.11 bits per heavy atom. The number of amides is 1. The fourth-order valence-electron chi connectivity index (χ4n) is 7.10. The molecule has 4 saturated carbocycles. The summed E-state index contributed by atoms with van der Waals surface area (Å²) in [6.07, 6.45) is 6.46. The Balaban J connectivity index is 1.36. The summed E-state index contributed by atoms with van der Waals surface area (Å²) in [6, 6.07) is 12.9. The first-order valence-corrected chi connectivity index (χ1v) is 12.5. The molecule has 1 aromatic heterocycles. The number of benzene rings is 2.